The zero-order chi connectivity index (χ0) is 14.5. The summed E-state index contributed by atoms with van der Waals surface area (Å²) in [7, 11) is 1.83. The van der Waals surface area contributed by atoms with E-state index in [-0.39, 0.29) is 11.2 Å². The Morgan fingerprint density at radius 2 is 2.15 bits per heavy atom. The molecule has 7 heteroatoms. The van der Waals surface area contributed by atoms with Crippen LogP contribution < -0.4 is 5.32 Å². The third kappa shape index (κ3) is 3.36. The first-order valence-corrected chi connectivity index (χ1v) is 6.80. The van der Waals surface area contributed by atoms with Crippen LogP contribution >= 0.6 is 11.8 Å². The van der Waals surface area contributed by atoms with E-state index in [1.807, 2.05) is 13.1 Å². The van der Waals surface area contributed by atoms with Crippen LogP contribution in [0.2, 0.25) is 0 Å². The number of nitriles is 1. The molecule has 1 amide bonds. The van der Waals surface area contributed by atoms with Gasteiger partial charge in [0.15, 0.2) is 5.16 Å². The van der Waals surface area contributed by atoms with Gasteiger partial charge < -0.3 is 9.88 Å². The topological polar surface area (TPSA) is 83.6 Å². The van der Waals surface area contributed by atoms with Crippen LogP contribution in [-0.4, -0.2) is 25.9 Å². The lowest BCUT2D eigenvalue weighted by molar-refractivity contribution is -0.115. The quantitative estimate of drug-likeness (QED) is 0.867. The summed E-state index contributed by atoms with van der Waals surface area (Å²) in [5, 5.41) is 19.6. The molecule has 2 rings (SSSR count). The standard InChI is InChI=1S/C13H13N5OS/c1-9(20-13-17-15-8-18(13)2)12(19)16-11-5-3-10(7-14)4-6-11/h3-6,8-9H,1-2H3,(H,16,19)/t9-/m0/s1. The molecule has 0 unspecified atom stereocenters. The monoisotopic (exact) mass is 287 g/mol. The maximum atomic E-state index is 12.1. The first-order valence-electron chi connectivity index (χ1n) is 5.92. The van der Waals surface area contributed by atoms with Gasteiger partial charge in [-0.05, 0) is 31.2 Å². The normalized spacial score (nSPS) is 11.7. The fraction of sp³-hybridized carbons (Fsp3) is 0.231. The lowest BCUT2D eigenvalue weighted by Crippen LogP contribution is -2.22. The molecular formula is C13H13N5OS. The number of hydrogen-bond donors (Lipinski definition) is 1. The molecule has 1 atom stereocenters. The summed E-state index contributed by atoms with van der Waals surface area (Å²) in [6.07, 6.45) is 1.59. The third-order valence-corrected chi connectivity index (χ3v) is 3.75. The number of thioether (sulfide) groups is 1. The van der Waals surface area contributed by atoms with Crippen molar-refractivity contribution < 1.29 is 4.79 Å². The second-order valence-electron chi connectivity index (χ2n) is 4.16. The number of nitrogens with zero attached hydrogens (tertiary/aromatic N) is 4. The molecule has 2 aromatic rings. The second-order valence-corrected chi connectivity index (χ2v) is 5.47. The Labute approximate surface area is 120 Å². The molecule has 6 nitrogen and oxygen atoms in total. The lowest BCUT2D eigenvalue weighted by Gasteiger charge is -2.11. The number of hydrogen-bond acceptors (Lipinski definition) is 5. The Bertz CT molecular complexity index is 644. The highest BCUT2D eigenvalue weighted by Crippen LogP contribution is 2.21. The van der Waals surface area contributed by atoms with Gasteiger partial charge in [0, 0.05) is 12.7 Å². The van der Waals surface area contributed by atoms with Crippen molar-refractivity contribution in [1.29, 1.82) is 5.26 Å². The van der Waals surface area contributed by atoms with E-state index in [4.69, 9.17) is 5.26 Å². The van der Waals surface area contributed by atoms with E-state index in [0.29, 0.717) is 16.4 Å². The van der Waals surface area contributed by atoms with E-state index in [9.17, 15) is 4.79 Å². The number of nitrogens with one attached hydrogen (secondary N) is 1. The molecule has 1 N–H and O–H groups in total. The van der Waals surface area contributed by atoms with E-state index in [1.54, 1.807) is 42.1 Å². The molecule has 1 heterocycles. The highest BCUT2D eigenvalue weighted by molar-refractivity contribution is 8.00. The van der Waals surface area contributed by atoms with Crippen LogP contribution in [0.4, 0.5) is 5.69 Å². The number of carbonyl (C=O) groups excluding carboxylic acids is 1. The molecular weight excluding hydrogens is 274 g/mol. The molecule has 0 aliphatic carbocycles. The van der Waals surface area contributed by atoms with Gasteiger partial charge in [-0.15, -0.1) is 10.2 Å². The van der Waals surface area contributed by atoms with Crippen molar-refractivity contribution in [3.8, 4) is 6.07 Å². The summed E-state index contributed by atoms with van der Waals surface area (Å²) in [4.78, 5) is 12.1. The molecule has 0 aliphatic heterocycles. The zero-order valence-electron chi connectivity index (χ0n) is 11.1. The molecule has 0 bridgehead atoms. The first kappa shape index (κ1) is 14.1. The summed E-state index contributed by atoms with van der Waals surface area (Å²) in [5.74, 6) is -0.122. The number of amides is 1. The highest BCUT2D eigenvalue weighted by Gasteiger charge is 2.17. The number of carbonyl (C=O) groups is 1. The number of rotatable bonds is 4. The van der Waals surface area contributed by atoms with E-state index >= 15 is 0 Å². The molecule has 0 aliphatic rings. The Morgan fingerprint density at radius 1 is 1.45 bits per heavy atom. The number of benzene rings is 1. The molecule has 0 fully saturated rings. The summed E-state index contributed by atoms with van der Waals surface area (Å²) in [6.45, 7) is 1.80. The predicted octanol–water partition coefficient (Wildman–Crippen LogP) is 1.81. The molecule has 0 radical (unpaired) electrons. The predicted molar refractivity (Wildman–Crippen MR) is 76.1 cm³/mol. The Hall–Kier alpha value is -2.33. The van der Waals surface area contributed by atoms with Gasteiger partial charge in [0.05, 0.1) is 16.9 Å². The Kier molecular flexibility index (Phi) is 4.38. The van der Waals surface area contributed by atoms with Gasteiger partial charge in [-0.3, -0.25) is 4.79 Å². The van der Waals surface area contributed by atoms with Crippen molar-refractivity contribution in [2.75, 3.05) is 5.32 Å². The Balaban J connectivity index is 1.97. The minimum atomic E-state index is -0.298. The SMILES string of the molecule is C[C@H](Sc1nncn1C)C(=O)Nc1ccc(C#N)cc1. The number of aryl methyl sites for hydroxylation is 1. The van der Waals surface area contributed by atoms with Gasteiger partial charge in [-0.2, -0.15) is 5.26 Å². The molecule has 1 aromatic carbocycles. The first-order chi connectivity index (χ1) is 9.60. The van der Waals surface area contributed by atoms with Gasteiger partial charge in [0.2, 0.25) is 5.91 Å². The minimum Gasteiger partial charge on any atom is -0.325 e. The van der Waals surface area contributed by atoms with Gasteiger partial charge >= 0.3 is 0 Å². The smallest absolute Gasteiger partial charge is 0.237 e. The van der Waals surface area contributed by atoms with Crippen LogP contribution in [0.25, 0.3) is 0 Å². The summed E-state index contributed by atoms with van der Waals surface area (Å²) >= 11 is 1.34. The summed E-state index contributed by atoms with van der Waals surface area (Å²) in [5.41, 5.74) is 1.23. The summed E-state index contributed by atoms with van der Waals surface area (Å²) < 4.78 is 1.76. The molecule has 0 saturated heterocycles. The second kappa shape index (κ2) is 6.21. The van der Waals surface area contributed by atoms with E-state index in [2.05, 4.69) is 15.5 Å². The molecule has 102 valence electrons. The maximum Gasteiger partial charge on any atom is 0.237 e. The van der Waals surface area contributed by atoms with Crippen molar-refractivity contribution in [2.24, 2.45) is 7.05 Å². The van der Waals surface area contributed by atoms with Gasteiger partial charge in [0.25, 0.3) is 0 Å². The largest absolute Gasteiger partial charge is 0.325 e. The average molecular weight is 287 g/mol. The van der Waals surface area contributed by atoms with Crippen molar-refractivity contribution in [2.45, 2.75) is 17.3 Å². The average Bonchev–Trinajstić information content (AvgIpc) is 2.85. The number of aromatic nitrogens is 3. The van der Waals surface area contributed by atoms with Gasteiger partial charge in [0.1, 0.15) is 6.33 Å². The highest BCUT2D eigenvalue weighted by atomic mass is 32.2. The van der Waals surface area contributed by atoms with Crippen molar-refractivity contribution >= 4 is 23.4 Å². The molecule has 0 spiro atoms. The van der Waals surface area contributed by atoms with Gasteiger partial charge in [-0.1, -0.05) is 11.8 Å². The zero-order valence-corrected chi connectivity index (χ0v) is 11.9. The van der Waals surface area contributed by atoms with Gasteiger partial charge in [-0.25, -0.2) is 0 Å². The lowest BCUT2D eigenvalue weighted by atomic mass is 10.2. The maximum absolute atomic E-state index is 12.1. The molecule has 20 heavy (non-hydrogen) atoms. The van der Waals surface area contributed by atoms with E-state index in [0.717, 1.165) is 0 Å². The van der Waals surface area contributed by atoms with Crippen LogP contribution in [0.1, 0.15) is 12.5 Å². The van der Waals surface area contributed by atoms with Crippen LogP contribution in [0.15, 0.2) is 35.7 Å². The fourth-order valence-corrected chi connectivity index (χ4v) is 2.25. The molecule has 1 aromatic heterocycles. The van der Waals surface area contributed by atoms with Crippen LogP contribution in [-0.2, 0) is 11.8 Å². The van der Waals surface area contributed by atoms with Crippen molar-refractivity contribution in [1.82, 2.24) is 14.8 Å². The van der Waals surface area contributed by atoms with Crippen LogP contribution in [0.5, 0.6) is 0 Å². The van der Waals surface area contributed by atoms with E-state index in [1.165, 1.54) is 11.8 Å². The van der Waals surface area contributed by atoms with Crippen molar-refractivity contribution in [3.63, 3.8) is 0 Å². The minimum absolute atomic E-state index is 0.122. The Morgan fingerprint density at radius 3 is 2.70 bits per heavy atom. The van der Waals surface area contributed by atoms with Crippen molar-refractivity contribution in [3.05, 3.63) is 36.2 Å². The number of anilines is 1. The summed E-state index contributed by atoms with van der Waals surface area (Å²) in [6, 6.07) is 8.77. The third-order valence-electron chi connectivity index (χ3n) is 2.60. The van der Waals surface area contributed by atoms with E-state index < -0.39 is 0 Å². The van der Waals surface area contributed by atoms with Crippen LogP contribution in [0.3, 0.4) is 0 Å². The van der Waals surface area contributed by atoms with Crippen LogP contribution in [0, 0.1) is 11.3 Å². The molecule has 0 saturated carbocycles. The fourth-order valence-electron chi connectivity index (χ4n) is 1.46.